The van der Waals surface area contributed by atoms with Gasteiger partial charge >= 0.3 is 0 Å². The van der Waals surface area contributed by atoms with Crippen molar-refractivity contribution >= 4 is 27.3 Å². The fourth-order valence-electron chi connectivity index (χ4n) is 2.22. The average molecular weight is 370 g/mol. The minimum absolute atomic E-state index is 0.122. The highest BCUT2D eigenvalue weighted by Crippen LogP contribution is 2.37. The third kappa shape index (κ3) is 3.78. The van der Waals surface area contributed by atoms with Gasteiger partial charge in [0.2, 0.25) is 0 Å². The highest BCUT2D eigenvalue weighted by molar-refractivity contribution is 9.10. The fraction of sp³-hybridized carbons (Fsp3) is 0.375. The number of methoxy groups -OCH3 is 1. The summed E-state index contributed by atoms with van der Waals surface area (Å²) in [5.41, 5.74) is 1.19. The van der Waals surface area contributed by atoms with Crippen LogP contribution in [0.3, 0.4) is 0 Å². The van der Waals surface area contributed by atoms with Crippen molar-refractivity contribution in [2.45, 2.75) is 19.9 Å². The van der Waals surface area contributed by atoms with Crippen LogP contribution in [0.2, 0.25) is 0 Å². The van der Waals surface area contributed by atoms with Crippen LogP contribution in [0.15, 0.2) is 34.1 Å². The molecule has 1 aromatic heterocycles. The molecular weight excluding hydrogens is 350 g/mol. The van der Waals surface area contributed by atoms with E-state index in [0.29, 0.717) is 6.61 Å². The Morgan fingerprint density at radius 1 is 1.24 bits per heavy atom. The summed E-state index contributed by atoms with van der Waals surface area (Å²) in [6.45, 7) is 5.64. The molecule has 0 aliphatic rings. The van der Waals surface area contributed by atoms with Crippen LogP contribution in [0, 0.1) is 0 Å². The number of ether oxygens (including phenoxy) is 2. The molecule has 0 amide bonds. The van der Waals surface area contributed by atoms with Gasteiger partial charge in [-0.1, -0.05) is 13.0 Å². The van der Waals surface area contributed by atoms with Gasteiger partial charge in [0.15, 0.2) is 0 Å². The molecule has 1 heterocycles. The molecule has 5 heteroatoms. The van der Waals surface area contributed by atoms with Gasteiger partial charge in [-0.25, -0.2) is 0 Å². The molecule has 2 aromatic rings. The van der Waals surface area contributed by atoms with Gasteiger partial charge in [-0.05, 0) is 58.5 Å². The summed E-state index contributed by atoms with van der Waals surface area (Å²) < 4.78 is 12.0. The van der Waals surface area contributed by atoms with E-state index < -0.39 is 0 Å². The number of hydrogen-bond acceptors (Lipinski definition) is 4. The van der Waals surface area contributed by atoms with Crippen LogP contribution in [0.5, 0.6) is 11.5 Å². The van der Waals surface area contributed by atoms with Crippen LogP contribution >= 0.6 is 27.3 Å². The SMILES string of the molecule is CCNC(c1ccc(OCC)c(Br)c1)c1sccc1OC. The van der Waals surface area contributed by atoms with Crippen LogP contribution in [0.4, 0.5) is 0 Å². The molecule has 3 nitrogen and oxygen atoms in total. The first-order valence-electron chi connectivity index (χ1n) is 6.98. The van der Waals surface area contributed by atoms with E-state index >= 15 is 0 Å². The third-order valence-corrected chi connectivity index (χ3v) is 4.72. The normalized spacial score (nSPS) is 12.2. The van der Waals surface area contributed by atoms with Gasteiger partial charge in [-0.15, -0.1) is 11.3 Å². The molecule has 1 atom stereocenters. The minimum Gasteiger partial charge on any atom is -0.496 e. The lowest BCUT2D eigenvalue weighted by atomic mass is 10.0. The second-order valence-electron chi connectivity index (χ2n) is 4.47. The number of rotatable bonds is 7. The Morgan fingerprint density at radius 3 is 2.67 bits per heavy atom. The Hall–Kier alpha value is -1.04. The Kier molecular flexibility index (Phi) is 6.08. The van der Waals surface area contributed by atoms with E-state index in [4.69, 9.17) is 9.47 Å². The van der Waals surface area contributed by atoms with Crippen LogP contribution < -0.4 is 14.8 Å². The van der Waals surface area contributed by atoms with Crippen LogP contribution in [0.25, 0.3) is 0 Å². The van der Waals surface area contributed by atoms with Crippen molar-refractivity contribution in [3.8, 4) is 11.5 Å². The minimum atomic E-state index is 0.122. The predicted molar refractivity (Wildman–Crippen MR) is 91.7 cm³/mol. The molecule has 0 aliphatic heterocycles. The molecule has 1 aromatic carbocycles. The molecule has 2 rings (SSSR count). The summed E-state index contributed by atoms with van der Waals surface area (Å²) in [5, 5.41) is 5.58. The lowest BCUT2D eigenvalue weighted by molar-refractivity contribution is 0.338. The van der Waals surface area contributed by atoms with Crippen molar-refractivity contribution < 1.29 is 9.47 Å². The van der Waals surface area contributed by atoms with Crippen molar-refractivity contribution in [3.63, 3.8) is 0 Å². The Balaban J connectivity index is 2.36. The van der Waals surface area contributed by atoms with Gasteiger partial charge in [0.1, 0.15) is 11.5 Å². The van der Waals surface area contributed by atoms with Gasteiger partial charge < -0.3 is 14.8 Å². The quantitative estimate of drug-likeness (QED) is 0.772. The molecule has 21 heavy (non-hydrogen) atoms. The number of thiophene rings is 1. The highest BCUT2D eigenvalue weighted by atomic mass is 79.9. The summed E-state index contributed by atoms with van der Waals surface area (Å²) in [5.74, 6) is 1.80. The topological polar surface area (TPSA) is 30.5 Å². The van der Waals surface area contributed by atoms with E-state index in [1.165, 1.54) is 10.4 Å². The van der Waals surface area contributed by atoms with Crippen LogP contribution in [-0.4, -0.2) is 20.3 Å². The van der Waals surface area contributed by atoms with E-state index in [9.17, 15) is 0 Å². The lowest BCUT2D eigenvalue weighted by Gasteiger charge is -2.19. The molecule has 0 radical (unpaired) electrons. The second kappa shape index (κ2) is 7.82. The Morgan fingerprint density at radius 2 is 2.05 bits per heavy atom. The second-order valence-corrected chi connectivity index (χ2v) is 6.27. The van der Waals surface area contributed by atoms with Gasteiger partial charge in [-0.3, -0.25) is 0 Å². The zero-order valence-corrected chi connectivity index (χ0v) is 14.9. The van der Waals surface area contributed by atoms with Crippen molar-refractivity contribution in [2.24, 2.45) is 0 Å². The monoisotopic (exact) mass is 369 g/mol. The summed E-state index contributed by atoms with van der Waals surface area (Å²) in [6.07, 6.45) is 0. The van der Waals surface area contributed by atoms with Gasteiger partial charge in [0.25, 0.3) is 0 Å². The van der Waals surface area contributed by atoms with E-state index in [2.05, 4.69) is 45.7 Å². The van der Waals surface area contributed by atoms with Crippen molar-refractivity contribution in [1.29, 1.82) is 0 Å². The number of hydrogen-bond donors (Lipinski definition) is 1. The third-order valence-electron chi connectivity index (χ3n) is 3.14. The summed E-state index contributed by atoms with van der Waals surface area (Å²) in [6, 6.07) is 8.35. The van der Waals surface area contributed by atoms with Crippen molar-refractivity contribution in [3.05, 3.63) is 44.6 Å². The molecule has 0 saturated carbocycles. The average Bonchev–Trinajstić information content (AvgIpc) is 2.95. The van der Waals surface area contributed by atoms with Gasteiger partial charge in [0.05, 0.1) is 29.1 Å². The number of benzene rings is 1. The molecule has 114 valence electrons. The first-order valence-corrected chi connectivity index (χ1v) is 8.65. The number of nitrogens with one attached hydrogen (secondary N) is 1. The maximum atomic E-state index is 5.58. The van der Waals surface area contributed by atoms with E-state index in [1.807, 2.05) is 19.1 Å². The summed E-state index contributed by atoms with van der Waals surface area (Å²) >= 11 is 5.29. The van der Waals surface area contributed by atoms with Crippen LogP contribution in [-0.2, 0) is 0 Å². The van der Waals surface area contributed by atoms with E-state index in [0.717, 1.165) is 22.5 Å². The maximum absolute atomic E-state index is 5.58. The van der Waals surface area contributed by atoms with Gasteiger partial charge in [-0.2, -0.15) is 0 Å². The first kappa shape index (κ1) is 16.3. The molecule has 0 saturated heterocycles. The Labute approximate surface area is 138 Å². The first-order chi connectivity index (χ1) is 10.2. The molecule has 0 bridgehead atoms. The van der Waals surface area contributed by atoms with Crippen LogP contribution in [0.1, 0.15) is 30.3 Å². The molecule has 1 unspecified atom stereocenters. The maximum Gasteiger partial charge on any atom is 0.134 e. The number of halogens is 1. The molecular formula is C16H20BrNO2S. The summed E-state index contributed by atoms with van der Waals surface area (Å²) in [7, 11) is 1.71. The molecule has 1 N–H and O–H groups in total. The smallest absolute Gasteiger partial charge is 0.134 e. The fourth-order valence-corrected chi connectivity index (χ4v) is 3.70. The summed E-state index contributed by atoms with van der Waals surface area (Å²) in [4.78, 5) is 1.19. The zero-order valence-electron chi connectivity index (χ0n) is 12.5. The molecule has 0 spiro atoms. The lowest BCUT2D eigenvalue weighted by Crippen LogP contribution is -2.21. The largest absolute Gasteiger partial charge is 0.496 e. The zero-order chi connectivity index (χ0) is 15.2. The van der Waals surface area contributed by atoms with E-state index in [-0.39, 0.29) is 6.04 Å². The Bertz CT molecular complexity index is 585. The predicted octanol–water partition coefficient (Wildman–Crippen LogP) is 4.62. The van der Waals surface area contributed by atoms with Gasteiger partial charge in [0, 0.05) is 0 Å². The standard InChI is InChI=1S/C16H20BrNO2S/c1-4-18-15(16-14(19-3)8-9-21-16)11-6-7-13(20-5-2)12(17)10-11/h6-10,15,18H,4-5H2,1-3H3. The highest BCUT2D eigenvalue weighted by Gasteiger charge is 2.19. The van der Waals surface area contributed by atoms with Crippen molar-refractivity contribution in [2.75, 3.05) is 20.3 Å². The molecule has 0 fully saturated rings. The van der Waals surface area contributed by atoms with E-state index in [1.54, 1.807) is 18.4 Å². The van der Waals surface area contributed by atoms with Crippen molar-refractivity contribution in [1.82, 2.24) is 5.32 Å². The molecule has 0 aliphatic carbocycles.